The lowest BCUT2D eigenvalue weighted by molar-refractivity contribution is -0.148. The summed E-state index contributed by atoms with van der Waals surface area (Å²) in [5.41, 5.74) is 11.5. The lowest BCUT2D eigenvalue weighted by atomic mass is 9.81. The van der Waals surface area contributed by atoms with E-state index in [-0.39, 0.29) is 11.8 Å². The van der Waals surface area contributed by atoms with Gasteiger partial charge in [0, 0.05) is 47.6 Å². The van der Waals surface area contributed by atoms with Crippen LogP contribution < -0.4 is 10.5 Å². The number of likely N-dealkylation sites (tertiary alicyclic amines) is 1. The summed E-state index contributed by atoms with van der Waals surface area (Å²) >= 11 is 0. The number of amides is 2. The van der Waals surface area contributed by atoms with Crippen molar-refractivity contribution in [2.45, 2.75) is 63.0 Å². The molecule has 2 atom stereocenters. The van der Waals surface area contributed by atoms with E-state index in [2.05, 4.69) is 22.8 Å². The smallest absolute Gasteiger partial charge is 0.248 e. The van der Waals surface area contributed by atoms with Crippen molar-refractivity contribution >= 4 is 22.7 Å². The van der Waals surface area contributed by atoms with E-state index in [0.717, 1.165) is 35.9 Å². The highest BCUT2D eigenvalue weighted by atomic mass is 16.5. The molecule has 2 aliphatic heterocycles. The van der Waals surface area contributed by atoms with Crippen molar-refractivity contribution in [3.05, 3.63) is 53.1 Å². The number of fused-ring (bicyclic) bond motifs is 7. The third-order valence-corrected chi connectivity index (χ3v) is 9.38. The van der Waals surface area contributed by atoms with Crippen molar-refractivity contribution in [3.8, 4) is 17.0 Å². The van der Waals surface area contributed by atoms with Crippen LogP contribution in [0.15, 0.2) is 36.4 Å². The summed E-state index contributed by atoms with van der Waals surface area (Å²) in [4.78, 5) is 27.9. The van der Waals surface area contributed by atoms with Crippen molar-refractivity contribution in [1.82, 2.24) is 9.47 Å². The lowest BCUT2D eigenvalue weighted by Crippen LogP contribution is -2.56. The van der Waals surface area contributed by atoms with Gasteiger partial charge in [-0.05, 0) is 66.6 Å². The molecule has 0 spiro atoms. The van der Waals surface area contributed by atoms with E-state index < -0.39 is 17.4 Å². The Bertz CT molecular complexity index is 1450. The molecule has 1 saturated heterocycles. The fraction of sp³-hybridized carbons (Fsp3) is 0.467. The molecule has 7 rings (SSSR count). The van der Waals surface area contributed by atoms with Gasteiger partial charge in [0.25, 0.3) is 0 Å². The molecular weight excluding hydrogens is 466 g/mol. The van der Waals surface area contributed by atoms with Gasteiger partial charge in [0.1, 0.15) is 5.75 Å². The number of ether oxygens (including phenoxy) is 1. The molecule has 192 valence electrons. The lowest BCUT2D eigenvalue weighted by Gasteiger charge is -2.38. The number of rotatable bonds is 4. The molecule has 0 radical (unpaired) electrons. The van der Waals surface area contributed by atoms with E-state index in [1.807, 2.05) is 18.2 Å². The molecule has 2 saturated carbocycles. The van der Waals surface area contributed by atoms with E-state index in [0.29, 0.717) is 31.1 Å². The second-order valence-electron chi connectivity index (χ2n) is 11.5. The number of carbonyl (C=O) groups excluding carboxylic acids is 2. The van der Waals surface area contributed by atoms with Gasteiger partial charge in [-0.2, -0.15) is 0 Å². The van der Waals surface area contributed by atoms with Gasteiger partial charge in [0.05, 0.1) is 24.3 Å². The maximum atomic E-state index is 13.9. The maximum absolute atomic E-state index is 13.9. The SMILES string of the molecule is COc1ccc2c(c1)C1CC1(C(=O)N1CC(O)C1)Cn1c-2c(C2CCCCC2)c2ccc(C(N)=O)cc21. The van der Waals surface area contributed by atoms with Crippen molar-refractivity contribution in [2.75, 3.05) is 20.2 Å². The van der Waals surface area contributed by atoms with Crippen molar-refractivity contribution in [2.24, 2.45) is 11.1 Å². The maximum Gasteiger partial charge on any atom is 0.248 e. The number of aliphatic hydroxyl groups is 1. The zero-order valence-corrected chi connectivity index (χ0v) is 21.2. The van der Waals surface area contributed by atoms with E-state index in [1.165, 1.54) is 41.6 Å². The third-order valence-electron chi connectivity index (χ3n) is 9.38. The van der Waals surface area contributed by atoms with Crippen LogP contribution in [0.5, 0.6) is 5.75 Å². The highest BCUT2D eigenvalue weighted by Crippen LogP contribution is 2.66. The minimum atomic E-state index is -0.564. The van der Waals surface area contributed by atoms with Crippen molar-refractivity contribution in [1.29, 1.82) is 0 Å². The Balaban J connectivity index is 1.50. The van der Waals surface area contributed by atoms with Gasteiger partial charge in [0.15, 0.2) is 0 Å². The fourth-order valence-corrected chi connectivity index (χ4v) is 7.37. The number of nitrogens with two attached hydrogens (primary N) is 1. The summed E-state index contributed by atoms with van der Waals surface area (Å²) in [5, 5.41) is 11.1. The quantitative estimate of drug-likeness (QED) is 0.563. The highest BCUT2D eigenvalue weighted by Gasteiger charge is 2.64. The van der Waals surface area contributed by atoms with Gasteiger partial charge in [-0.1, -0.05) is 25.3 Å². The Kier molecular flexibility index (Phi) is 4.99. The highest BCUT2D eigenvalue weighted by molar-refractivity contribution is 6.01. The number of methoxy groups -OCH3 is 1. The molecule has 7 heteroatoms. The minimum Gasteiger partial charge on any atom is -0.497 e. The van der Waals surface area contributed by atoms with E-state index in [1.54, 1.807) is 12.0 Å². The number of benzene rings is 2. The number of β-amino-alcohol motifs (C(OH)–C–C–N with tert-alkyl or cyclic N) is 1. The Morgan fingerprint density at radius 1 is 1.08 bits per heavy atom. The van der Waals surface area contributed by atoms with Gasteiger partial charge in [-0.25, -0.2) is 0 Å². The van der Waals surface area contributed by atoms with Crippen LogP contribution in [0.4, 0.5) is 0 Å². The van der Waals surface area contributed by atoms with Gasteiger partial charge in [-0.3, -0.25) is 9.59 Å². The molecule has 1 aromatic heterocycles. The molecule has 2 unspecified atom stereocenters. The first-order chi connectivity index (χ1) is 17.9. The Labute approximate surface area is 216 Å². The molecule has 3 N–H and O–H groups in total. The number of aromatic nitrogens is 1. The van der Waals surface area contributed by atoms with Gasteiger partial charge in [0.2, 0.25) is 11.8 Å². The zero-order chi connectivity index (χ0) is 25.5. The summed E-state index contributed by atoms with van der Waals surface area (Å²) in [7, 11) is 1.68. The summed E-state index contributed by atoms with van der Waals surface area (Å²) in [6, 6.07) is 12.1. The molecule has 37 heavy (non-hydrogen) atoms. The van der Waals surface area contributed by atoms with Crippen LogP contribution in [0.1, 0.15) is 71.8 Å². The molecule has 0 bridgehead atoms. The molecule has 3 heterocycles. The number of carbonyl (C=O) groups is 2. The second-order valence-corrected chi connectivity index (χ2v) is 11.5. The van der Waals surface area contributed by atoms with Crippen molar-refractivity contribution in [3.63, 3.8) is 0 Å². The average molecular weight is 500 g/mol. The molecule has 3 fully saturated rings. The van der Waals surface area contributed by atoms with Crippen LogP contribution in [-0.4, -0.2) is 52.7 Å². The van der Waals surface area contributed by atoms with Gasteiger partial charge >= 0.3 is 0 Å². The van der Waals surface area contributed by atoms with Gasteiger partial charge < -0.3 is 25.0 Å². The number of hydrogen-bond acceptors (Lipinski definition) is 4. The Morgan fingerprint density at radius 3 is 2.57 bits per heavy atom. The van der Waals surface area contributed by atoms with Crippen LogP contribution in [0, 0.1) is 5.41 Å². The largest absolute Gasteiger partial charge is 0.497 e. The Morgan fingerprint density at radius 2 is 1.86 bits per heavy atom. The van der Waals surface area contributed by atoms with Gasteiger partial charge in [-0.15, -0.1) is 0 Å². The fourth-order valence-electron chi connectivity index (χ4n) is 7.37. The normalized spacial score (nSPS) is 25.0. The topological polar surface area (TPSA) is 97.8 Å². The van der Waals surface area contributed by atoms with E-state index >= 15 is 0 Å². The monoisotopic (exact) mass is 499 g/mol. The first-order valence-corrected chi connectivity index (χ1v) is 13.5. The van der Waals surface area contributed by atoms with Crippen LogP contribution >= 0.6 is 0 Å². The first kappa shape index (κ1) is 22.8. The zero-order valence-electron chi connectivity index (χ0n) is 21.2. The molecule has 3 aromatic rings. The average Bonchev–Trinajstić information content (AvgIpc) is 3.57. The van der Waals surface area contributed by atoms with Crippen LogP contribution in [0.3, 0.4) is 0 Å². The number of aliphatic hydroxyl groups excluding tert-OH is 1. The number of hydrogen-bond donors (Lipinski definition) is 2. The third kappa shape index (κ3) is 3.29. The first-order valence-electron chi connectivity index (χ1n) is 13.5. The van der Waals surface area contributed by atoms with E-state index in [9.17, 15) is 14.7 Å². The Hall–Kier alpha value is -3.32. The second kappa shape index (κ2) is 8.09. The summed E-state index contributed by atoms with van der Waals surface area (Å²) in [6.45, 7) is 1.36. The number of nitrogens with zero attached hydrogens (tertiary/aromatic N) is 2. The minimum absolute atomic E-state index is 0.0938. The summed E-state index contributed by atoms with van der Waals surface area (Å²) < 4.78 is 7.94. The molecule has 2 amide bonds. The van der Waals surface area contributed by atoms with E-state index in [4.69, 9.17) is 10.5 Å². The summed E-state index contributed by atoms with van der Waals surface area (Å²) in [6.07, 6.45) is 6.33. The molecule has 4 aliphatic rings. The molecular formula is C30H33N3O4. The van der Waals surface area contributed by atoms with Crippen LogP contribution in [-0.2, 0) is 11.3 Å². The van der Waals surface area contributed by atoms with Crippen LogP contribution in [0.2, 0.25) is 0 Å². The molecule has 2 aromatic carbocycles. The predicted octanol–water partition coefficient (Wildman–Crippen LogP) is 4.15. The summed E-state index contributed by atoms with van der Waals surface area (Å²) in [5.74, 6) is 1.01. The van der Waals surface area contributed by atoms with Crippen LogP contribution in [0.25, 0.3) is 22.2 Å². The number of primary amides is 1. The standard InChI is InChI=1S/C30H33N3O4/c1-37-20-8-10-21-23(12-20)24-13-30(24,29(36)32-14-19(34)15-32)16-33-25-11-18(28(31)35)7-9-22(25)26(27(21)33)17-5-3-2-4-6-17/h7-12,17,19,24,34H,2-6,13-16H2,1H3,(H2,31,35). The molecule has 2 aliphatic carbocycles. The predicted molar refractivity (Wildman–Crippen MR) is 141 cm³/mol. The molecule has 7 nitrogen and oxygen atoms in total. The van der Waals surface area contributed by atoms with Crippen molar-refractivity contribution < 1.29 is 19.4 Å².